The van der Waals surface area contributed by atoms with E-state index in [1.54, 1.807) is 11.0 Å². The summed E-state index contributed by atoms with van der Waals surface area (Å²) in [6.45, 7) is 4.78. The van der Waals surface area contributed by atoms with Crippen molar-refractivity contribution < 1.29 is 0 Å². The first-order chi connectivity index (χ1) is 8.29. The molecule has 92 valence electrons. The van der Waals surface area contributed by atoms with Gasteiger partial charge >= 0.3 is 0 Å². The van der Waals surface area contributed by atoms with Crippen LogP contribution in [-0.2, 0) is 26.6 Å². The topological polar surface area (TPSA) is 60.6 Å². The lowest BCUT2D eigenvalue weighted by Crippen LogP contribution is -2.16. The molecule has 2 rings (SSSR count). The zero-order chi connectivity index (χ0) is 12.1. The highest BCUT2D eigenvalue weighted by molar-refractivity contribution is 4.98. The number of nitrogens with one attached hydrogen (secondary N) is 1. The lowest BCUT2D eigenvalue weighted by molar-refractivity contribution is 0.606. The quantitative estimate of drug-likeness (QED) is 0.784. The maximum Gasteiger partial charge on any atom is 0.152 e. The van der Waals surface area contributed by atoms with E-state index in [2.05, 4.69) is 31.9 Å². The molecule has 0 saturated carbocycles. The Bertz CT molecular complexity index is 458. The minimum absolute atomic E-state index is 0.830. The first kappa shape index (κ1) is 11.8. The van der Waals surface area contributed by atoms with E-state index >= 15 is 0 Å². The predicted octanol–water partition coefficient (Wildman–Crippen LogP) is 0.364. The van der Waals surface area contributed by atoms with Crippen molar-refractivity contribution in [3.05, 3.63) is 30.4 Å². The number of imidazole rings is 1. The fourth-order valence-electron chi connectivity index (χ4n) is 1.67. The Kier molecular flexibility index (Phi) is 3.87. The summed E-state index contributed by atoms with van der Waals surface area (Å²) in [4.78, 5) is 8.38. The van der Waals surface area contributed by atoms with Crippen LogP contribution in [-0.4, -0.2) is 30.9 Å². The van der Waals surface area contributed by atoms with E-state index in [1.165, 1.54) is 5.69 Å². The van der Waals surface area contributed by atoms with Crippen molar-refractivity contribution in [3.8, 4) is 0 Å². The van der Waals surface area contributed by atoms with Crippen LogP contribution in [0.3, 0.4) is 0 Å². The van der Waals surface area contributed by atoms with Crippen LogP contribution >= 0.6 is 0 Å². The van der Waals surface area contributed by atoms with E-state index in [4.69, 9.17) is 0 Å². The van der Waals surface area contributed by atoms with Crippen LogP contribution in [0.4, 0.5) is 0 Å². The van der Waals surface area contributed by atoms with E-state index in [0.29, 0.717) is 0 Å². The van der Waals surface area contributed by atoms with E-state index in [0.717, 1.165) is 31.9 Å². The third-order valence-electron chi connectivity index (χ3n) is 2.58. The molecule has 0 aromatic carbocycles. The molecule has 1 N–H and O–H groups in total. The first-order valence-electron chi connectivity index (χ1n) is 5.84. The average Bonchev–Trinajstić information content (AvgIpc) is 2.92. The summed E-state index contributed by atoms with van der Waals surface area (Å²) < 4.78 is 3.86. The highest BCUT2D eigenvalue weighted by Gasteiger charge is 2.03. The largest absolute Gasteiger partial charge is 0.333 e. The third kappa shape index (κ3) is 3.13. The van der Waals surface area contributed by atoms with Gasteiger partial charge in [-0.3, -0.25) is 4.68 Å². The lowest BCUT2D eigenvalue weighted by atomic mass is 10.3. The number of hydrogen-bond acceptors (Lipinski definition) is 4. The van der Waals surface area contributed by atoms with Gasteiger partial charge in [0.15, 0.2) is 5.82 Å². The smallest absolute Gasteiger partial charge is 0.152 e. The number of hydrogen-bond donors (Lipinski definition) is 1. The summed E-state index contributed by atoms with van der Waals surface area (Å²) in [5.41, 5.74) is 1.20. The number of nitrogens with zero attached hydrogens (tertiary/aromatic N) is 5. The monoisotopic (exact) mass is 234 g/mol. The summed E-state index contributed by atoms with van der Waals surface area (Å²) in [7, 11) is 1.88. The van der Waals surface area contributed by atoms with E-state index in [9.17, 15) is 0 Å². The molecular weight excluding hydrogens is 216 g/mol. The maximum atomic E-state index is 4.26. The molecule has 0 atom stereocenters. The van der Waals surface area contributed by atoms with Gasteiger partial charge in [0.25, 0.3) is 0 Å². The summed E-state index contributed by atoms with van der Waals surface area (Å²) in [6, 6.07) is 0. The van der Waals surface area contributed by atoms with Crippen molar-refractivity contribution in [2.45, 2.75) is 26.4 Å². The van der Waals surface area contributed by atoms with Crippen LogP contribution in [0.2, 0.25) is 0 Å². The molecule has 0 bridgehead atoms. The normalized spacial score (nSPS) is 10.9. The number of aryl methyl sites for hydroxylation is 3. The molecule has 0 amide bonds. The van der Waals surface area contributed by atoms with Crippen LogP contribution in [0, 0.1) is 0 Å². The second kappa shape index (κ2) is 5.58. The van der Waals surface area contributed by atoms with Crippen molar-refractivity contribution in [2.75, 3.05) is 6.54 Å². The standard InChI is InChI=1S/C11H18N6/c1-3-12-6-10-7-13-8-17(10)5-4-11-14-9-16(2)15-11/h7-9,12H,3-6H2,1-2H3. The van der Waals surface area contributed by atoms with Crippen LogP contribution in [0.25, 0.3) is 0 Å². The minimum atomic E-state index is 0.830. The first-order valence-corrected chi connectivity index (χ1v) is 5.84. The molecule has 6 nitrogen and oxygen atoms in total. The van der Waals surface area contributed by atoms with E-state index < -0.39 is 0 Å². The van der Waals surface area contributed by atoms with Crippen molar-refractivity contribution in [3.63, 3.8) is 0 Å². The molecule has 0 fully saturated rings. The lowest BCUT2D eigenvalue weighted by Gasteiger charge is -2.06. The second-order valence-corrected chi connectivity index (χ2v) is 3.94. The summed E-state index contributed by atoms with van der Waals surface area (Å²) in [5, 5.41) is 7.56. The van der Waals surface area contributed by atoms with Crippen molar-refractivity contribution in [2.24, 2.45) is 7.05 Å². The molecule has 0 spiro atoms. The summed E-state index contributed by atoms with van der Waals surface area (Å²) in [5.74, 6) is 0.871. The fourth-order valence-corrected chi connectivity index (χ4v) is 1.67. The zero-order valence-corrected chi connectivity index (χ0v) is 10.3. The van der Waals surface area contributed by atoms with Crippen LogP contribution in [0.15, 0.2) is 18.9 Å². The van der Waals surface area contributed by atoms with Gasteiger partial charge in [-0.1, -0.05) is 6.92 Å². The van der Waals surface area contributed by atoms with Gasteiger partial charge in [0, 0.05) is 32.8 Å². The van der Waals surface area contributed by atoms with Gasteiger partial charge in [-0.2, -0.15) is 5.10 Å². The molecule has 6 heteroatoms. The minimum Gasteiger partial charge on any atom is -0.333 e. The van der Waals surface area contributed by atoms with Gasteiger partial charge < -0.3 is 9.88 Å². The van der Waals surface area contributed by atoms with Gasteiger partial charge in [0.1, 0.15) is 6.33 Å². The molecule has 2 aromatic rings. The summed E-state index contributed by atoms with van der Waals surface area (Å²) in [6.07, 6.45) is 6.31. The molecule has 2 aromatic heterocycles. The number of rotatable bonds is 6. The Labute approximate surface area is 101 Å². The van der Waals surface area contributed by atoms with E-state index in [-0.39, 0.29) is 0 Å². The van der Waals surface area contributed by atoms with Gasteiger partial charge in [-0.25, -0.2) is 9.97 Å². The van der Waals surface area contributed by atoms with Crippen molar-refractivity contribution >= 4 is 0 Å². The Balaban J connectivity index is 1.92. The highest BCUT2D eigenvalue weighted by atomic mass is 15.3. The summed E-state index contributed by atoms with van der Waals surface area (Å²) >= 11 is 0. The SMILES string of the molecule is CCNCc1cncn1CCc1ncn(C)n1. The molecule has 17 heavy (non-hydrogen) atoms. The zero-order valence-electron chi connectivity index (χ0n) is 10.3. The Morgan fingerprint density at radius 1 is 1.35 bits per heavy atom. The third-order valence-corrected chi connectivity index (χ3v) is 2.58. The Morgan fingerprint density at radius 3 is 2.94 bits per heavy atom. The van der Waals surface area contributed by atoms with Gasteiger partial charge in [-0.05, 0) is 6.54 Å². The van der Waals surface area contributed by atoms with Gasteiger partial charge in [-0.15, -0.1) is 0 Å². The molecule has 0 radical (unpaired) electrons. The van der Waals surface area contributed by atoms with Crippen LogP contribution in [0.5, 0.6) is 0 Å². The molecule has 0 aliphatic heterocycles. The predicted molar refractivity (Wildman–Crippen MR) is 64.3 cm³/mol. The Hall–Kier alpha value is -1.69. The van der Waals surface area contributed by atoms with Crippen molar-refractivity contribution in [1.82, 2.24) is 29.6 Å². The fraction of sp³-hybridized carbons (Fsp3) is 0.545. The second-order valence-electron chi connectivity index (χ2n) is 3.94. The van der Waals surface area contributed by atoms with Crippen molar-refractivity contribution in [1.29, 1.82) is 0 Å². The molecular formula is C11H18N6. The maximum absolute atomic E-state index is 4.26. The van der Waals surface area contributed by atoms with Gasteiger partial charge in [0.05, 0.1) is 12.0 Å². The number of aromatic nitrogens is 5. The van der Waals surface area contributed by atoms with Gasteiger partial charge in [0.2, 0.25) is 0 Å². The highest BCUT2D eigenvalue weighted by Crippen LogP contribution is 2.01. The molecule has 0 unspecified atom stereocenters. The molecule has 0 saturated heterocycles. The molecule has 0 aliphatic rings. The Morgan fingerprint density at radius 2 is 2.24 bits per heavy atom. The van der Waals surface area contributed by atoms with Crippen LogP contribution in [0.1, 0.15) is 18.4 Å². The van der Waals surface area contributed by atoms with E-state index in [1.807, 2.05) is 19.6 Å². The molecule has 2 heterocycles. The van der Waals surface area contributed by atoms with Crippen LogP contribution < -0.4 is 5.32 Å². The molecule has 0 aliphatic carbocycles. The average molecular weight is 234 g/mol.